The first-order valence-corrected chi connectivity index (χ1v) is 8.95. The minimum atomic E-state index is -0.121. The molecule has 2 aromatic carbocycles. The van der Waals surface area contributed by atoms with Crippen molar-refractivity contribution >= 4 is 34.7 Å². The molecule has 2 amide bonds. The summed E-state index contributed by atoms with van der Waals surface area (Å²) < 4.78 is 0. The molecular weight excluding hydrogens is 352 g/mol. The van der Waals surface area contributed by atoms with Crippen LogP contribution < -0.4 is 16.0 Å². The van der Waals surface area contributed by atoms with Crippen molar-refractivity contribution in [2.45, 2.75) is 20.3 Å². The van der Waals surface area contributed by atoms with Gasteiger partial charge in [-0.2, -0.15) is 0 Å². The average molecular weight is 374 g/mol. The van der Waals surface area contributed by atoms with Crippen LogP contribution in [0, 0.1) is 6.92 Å². The average Bonchev–Trinajstić information content (AvgIpc) is 2.65. The largest absolute Gasteiger partial charge is 0.354 e. The van der Waals surface area contributed by atoms with Gasteiger partial charge in [0, 0.05) is 18.3 Å². The van der Waals surface area contributed by atoms with Crippen molar-refractivity contribution in [1.82, 2.24) is 4.98 Å². The van der Waals surface area contributed by atoms with Gasteiger partial charge in [-0.3, -0.25) is 9.59 Å². The summed E-state index contributed by atoms with van der Waals surface area (Å²) in [5.41, 5.74) is 4.40. The van der Waals surface area contributed by atoms with E-state index in [1.54, 1.807) is 12.3 Å². The zero-order valence-corrected chi connectivity index (χ0v) is 15.8. The van der Waals surface area contributed by atoms with Gasteiger partial charge in [-0.15, -0.1) is 0 Å². The molecule has 1 heterocycles. The summed E-state index contributed by atoms with van der Waals surface area (Å²) in [6.45, 7) is 3.46. The zero-order chi connectivity index (χ0) is 19.9. The molecule has 0 aliphatic heterocycles. The second-order valence-corrected chi connectivity index (χ2v) is 6.47. The van der Waals surface area contributed by atoms with Crippen LogP contribution in [0.2, 0.25) is 0 Å². The number of aryl methyl sites for hydroxylation is 1. The number of carbonyl (C=O) groups excluding carboxylic acids is 2. The Morgan fingerprint density at radius 1 is 0.893 bits per heavy atom. The van der Waals surface area contributed by atoms with Crippen LogP contribution in [-0.4, -0.2) is 16.8 Å². The van der Waals surface area contributed by atoms with E-state index in [1.165, 1.54) is 6.92 Å². The predicted octanol–water partition coefficient (Wildman–Crippen LogP) is 4.27. The zero-order valence-electron chi connectivity index (χ0n) is 15.8. The summed E-state index contributed by atoms with van der Waals surface area (Å²) >= 11 is 0. The Morgan fingerprint density at radius 2 is 1.68 bits per heavy atom. The summed E-state index contributed by atoms with van der Waals surface area (Å²) in [6, 6.07) is 18.8. The van der Waals surface area contributed by atoms with Crippen LogP contribution in [0.3, 0.4) is 0 Å². The first kappa shape index (κ1) is 19.1. The lowest BCUT2D eigenvalue weighted by Gasteiger charge is -2.10. The summed E-state index contributed by atoms with van der Waals surface area (Å²) in [5, 5.41) is 8.78. The lowest BCUT2D eigenvalue weighted by Crippen LogP contribution is -2.15. The third-order valence-corrected chi connectivity index (χ3v) is 4.11. The second-order valence-electron chi connectivity index (χ2n) is 6.47. The van der Waals surface area contributed by atoms with Gasteiger partial charge in [-0.05, 0) is 48.4 Å². The maximum Gasteiger partial charge on any atom is 0.229 e. The van der Waals surface area contributed by atoms with Crippen LogP contribution >= 0.6 is 0 Å². The molecular formula is C22H22N4O2. The van der Waals surface area contributed by atoms with E-state index in [2.05, 4.69) is 20.9 Å². The molecule has 0 bridgehead atoms. The van der Waals surface area contributed by atoms with Crippen molar-refractivity contribution in [3.05, 3.63) is 78.0 Å². The van der Waals surface area contributed by atoms with Gasteiger partial charge in [0.15, 0.2) is 0 Å². The number of aromatic nitrogens is 1. The number of amides is 2. The highest BCUT2D eigenvalue weighted by molar-refractivity contribution is 5.91. The maximum absolute atomic E-state index is 12.2. The molecule has 3 rings (SSSR count). The van der Waals surface area contributed by atoms with E-state index in [0.717, 1.165) is 22.5 Å². The van der Waals surface area contributed by atoms with E-state index in [0.29, 0.717) is 17.9 Å². The summed E-state index contributed by atoms with van der Waals surface area (Å²) in [7, 11) is 0. The second kappa shape index (κ2) is 8.81. The van der Waals surface area contributed by atoms with Crippen LogP contribution in [0.5, 0.6) is 0 Å². The van der Waals surface area contributed by atoms with E-state index in [-0.39, 0.29) is 11.8 Å². The van der Waals surface area contributed by atoms with Crippen molar-refractivity contribution in [2.24, 2.45) is 0 Å². The first-order valence-electron chi connectivity index (χ1n) is 8.95. The van der Waals surface area contributed by atoms with E-state index in [9.17, 15) is 9.59 Å². The van der Waals surface area contributed by atoms with Gasteiger partial charge in [-0.1, -0.05) is 30.3 Å². The highest BCUT2D eigenvalue weighted by Crippen LogP contribution is 2.20. The van der Waals surface area contributed by atoms with Crippen molar-refractivity contribution in [3.8, 4) is 0 Å². The minimum Gasteiger partial charge on any atom is -0.354 e. The van der Waals surface area contributed by atoms with Crippen LogP contribution in [0.4, 0.5) is 22.9 Å². The Kier molecular flexibility index (Phi) is 6.01. The standard InChI is InChI=1S/C22H22N4O2/c1-15-6-3-4-7-17(15)12-22(28)26-21-11-10-20(14-23-21)25-19-9-5-8-18(13-19)24-16(2)27/h3-11,13-14,25H,12H2,1-2H3,(H,24,27)(H,23,26,28). The molecule has 0 aliphatic rings. The van der Waals surface area contributed by atoms with Crippen LogP contribution in [0.25, 0.3) is 0 Å². The molecule has 0 atom stereocenters. The van der Waals surface area contributed by atoms with Gasteiger partial charge >= 0.3 is 0 Å². The van der Waals surface area contributed by atoms with Gasteiger partial charge in [-0.25, -0.2) is 4.98 Å². The summed E-state index contributed by atoms with van der Waals surface area (Å²) in [4.78, 5) is 27.7. The number of nitrogens with one attached hydrogen (secondary N) is 3. The molecule has 0 aliphatic carbocycles. The molecule has 0 saturated carbocycles. The Hall–Kier alpha value is -3.67. The van der Waals surface area contributed by atoms with Gasteiger partial charge in [0.1, 0.15) is 5.82 Å². The molecule has 28 heavy (non-hydrogen) atoms. The first-order chi connectivity index (χ1) is 13.5. The Labute approximate surface area is 164 Å². The van der Waals surface area contributed by atoms with E-state index in [1.807, 2.05) is 61.5 Å². The lowest BCUT2D eigenvalue weighted by atomic mass is 10.1. The molecule has 3 N–H and O–H groups in total. The van der Waals surface area contributed by atoms with E-state index >= 15 is 0 Å². The number of hydrogen-bond acceptors (Lipinski definition) is 4. The van der Waals surface area contributed by atoms with Crippen molar-refractivity contribution in [1.29, 1.82) is 0 Å². The minimum absolute atomic E-state index is 0.106. The number of benzene rings is 2. The Bertz CT molecular complexity index is 984. The normalized spacial score (nSPS) is 10.2. The lowest BCUT2D eigenvalue weighted by molar-refractivity contribution is -0.116. The van der Waals surface area contributed by atoms with Crippen LogP contribution in [0.15, 0.2) is 66.9 Å². The number of pyridine rings is 1. The van der Waals surface area contributed by atoms with Gasteiger partial charge in [0.05, 0.1) is 18.3 Å². The highest BCUT2D eigenvalue weighted by atomic mass is 16.2. The molecule has 6 nitrogen and oxygen atoms in total. The van der Waals surface area contributed by atoms with E-state index in [4.69, 9.17) is 0 Å². The van der Waals surface area contributed by atoms with Crippen LogP contribution in [0.1, 0.15) is 18.1 Å². The molecule has 0 radical (unpaired) electrons. The molecule has 0 fully saturated rings. The van der Waals surface area contributed by atoms with E-state index < -0.39 is 0 Å². The number of rotatable bonds is 6. The molecule has 6 heteroatoms. The molecule has 142 valence electrons. The monoisotopic (exact) mass is 374 g/mol. The number of nitrogens with zero attached hydrogens (tertiary/aromatic N) is 1. The SMILES string of the molecule is CC(=O)Nc1cccc(Nc2ccc(NC(=O)Cc3ccccc3C)nc2)c1. The third kappa shape index (κ3) is 5.41. The molecule has 0 unspecified atom stereocenters. The van der Waals surface area contributed by atoms with Crippen molar-refractivity contribution < 1.29 is 9.59 Å². The fraction of sp³-hybridized carbons (Fsp3) is 0.136. The third-order valence-electron chi connectivity index (χ3n) is 4.11. The van der Waals surface area contributed by atoms with Crippen LogP contribution in [-0.2, 0) is 16.0 Å². The fourth-order valence-corrected chi connectivity index (χ4v) is 2.75. The highest BCUT2D eigenvalue weighted by Gasteiger charge is 2.07. The van der Waals surface area contributed by atoms with Gasteiger partial charge in [0.25, 0.3) is 0 Å². The predicted molar refractivity (Wildman–Crippen MR) is 112 cm³/mol. The number of hydrogen-bond donors (Lipinski definition) is 3. The van der Waals surface area contributed by atoms with Crippen molar-refractivity contribution in [2.75, 3.05) is 16.0 Å². The summed E-state index contributed by atoms with van der Waals surface area (Å²) in [5.74, 6) is 0.270. The Balaban J connectivity index is 1.60. The molecule has 1 aromatic heterocycles. The molecule has 3 aromatic rings. The topological polar surface area (TPSA) is 83.1 Å². The van der Waals surface area contributed by atoms with Crippen molar-refractivity contribution in [3.63, 3.8) is 0 Å². The maximum atomic E-state index is 12.2. The number of carbonyl (C=O) groups is 2. The van der Waals surface area contributed by atoms with Gasteiger partial charge < -0.3 is 16.0 Å². The molecule has 0 spiro atoms. The fourth-order valence-electron chi connectivity index (χ4n) is 2.75. The smallest absolute Gasteiger partial charge is 0.229 e. The summed E-state index contributed by atoms with van der Waals surface area (Å²) in [6.07, 6.45) is 1.96. The Morgan fingerprint density at radius 3 is 2.39 bits per heavy atom. The quantitative estimate of drug-likeness (QED) is 0.602. The molecule has 0 saturated heterocycles. The number of anilines is 4. The van der Waals surface area contributed by atoms with Gasteiger partial charge in [0.2, 0.25) is 11.8 Å².